The molecule has 2 heterocycles. The van der Waals surface area contributed by atoms with Crippen LogP contribution >= 0.6 is 23.1 Å². The maximum Gasteiger partial charge on any atom is 0.191 e. The zero-order chi connectivity index (χ0) is 13.3. The normalized spacial score (nSPS) is 17.4. The first-order chi connectivity index (χ1) is 9.24. The van der Waals surface area contributed by atoms with Crippen LogP contribution < -0.4 is 0 Å². The van der Waals surface area contributed by atoms with Gasteiger partial charge in [-0.3, -0.25) is 0 Å². The second-order valence-corrected chi connectivity index (χ2v) is 6.76. The number of ether oxygens (including phenoxy) is 1. The van der Waals surface area contributed by atoms with Crippen LogP contribution in [0.3, 0.4) is 0 Å². The van der Waals surface area contributed by atoms with Crippen molar-refractivity contribution >= 4 is 23.1 Å². The van der Waals surface area contributed by atoms with E-state index in [1.54, 1.807) is 23.1 Å². The molecule has 1 aliphatic rings. The van der Waals surface area contributed by atoms with E-state index in [1.807, 2.05) is 20.2 Å². The summed E-state index contributed by atoms with van der Waals surface area (Å²) in [6, 6.07) is 4.11. The summed E-state index contributed by atoms with van der Waals surface area (Å²) >= 11 is 3.43. The summed E-state index contributed by atoms with van der Waals surface area (Å²) in [5.74, 6) is 1.90. The monoisotopic (exact) mass is 295 g/mol. The van der Waals surface area contributed by atoms with Crippen molar-refractivity contribution < 1.29 is 4.74 Å². The van der Waals surface area contributed by atoms with Gasteiger partial charge in [-0.05, 0) is 30.7 Å². The van der Waals surface area contributed by atoms with E-state index in [0.717, 1.165) is 34.5 Å². The fourth-order valence-electron chi connectivity index (χ4n) is 2.24. The first-order valence-electron chi connectivity index (χ1n) is 6.35. The van der Waals surface area contributed by atoms with E-state index in [4.69, 9.17) is 4.74 Å². The molecular weight excluding hydrogens is 278 g/mol. The van der Waals surface area contributed by atoms with Crippen LogP contribution in [0.25, 0.3) is 10.7 Å². The zero-order valence-electron chi connectivity index (χ0n) is 11.1. The average Bonchev–Trinajstić information content (AvgIpc) is 2.99. The van der Waals surface area contributed by atoms with Crippen molar-refractivity contribution in [3.05, 3.63) is 17.5 Å². The Balaban J connectivity index is 1.72. The zero-order valence-corrected chi connectivity index (χ0v) is 12.8. The fraction of sp³-hybridized carbons (Fsp3) is 0.538. The van der Waals surface area contributed by atoms with Crippen LogP contribution in [0.5, 0.6) is 0 Å². The topological polar surface area (TPSA) is 39.9 Å². The summed E-state index contributed by atoms with van der Waals surface area (Å²) in [6.07, 6.45) is 3.59. The van der Waals surface area contributed by atoms with E-state index in [-0.39, 0.29) is 5.60 Å². The van der Waals surface area contributed by atoms with Crippen LogP contribution in [0.4, 0.5) is 0 Å². The lowest BCUT2D eigenvalue weighted by Crippen LogP contribution is -2.41. The molecule has 0 atom stereocenters. The van der Waals surface area contributed by atoms with Crippen molar-refractivity contribution in [3.8, 4) is 10.7 Å². The highest BCUT2D eigenvalue weighted by Gasteiger charge is 2.37. The van der Waals surface area contributed by atoms with Gasteiger partial charge in [-0.1, -0.05) is 17.8 Å². The molecule has 0 aliphatic heterocycles. The summed E-state index contributed by atoms with van der Waals surface area (Å²) < 4.78 is 7.71. The molecule has 4 nitrogen and oxygen atoms in total. The first kappa shape index (κ1) is 13.1. The van der Waals surface area contributed by atoms with Crippen LogP contribution in [0.1, 0.15) is 19.3 Å². The number of thiophene rings is 1. The molecule has 0 N–H and O–H groups in total. The predicted octanol–water partition coefficient (Wildman–Crippen LogP) is 3.20. The van der Waals surface area contributed by atoms with Crippen LogP contribution in [-0.2, 0) is 11.8 Å². The number of thioether (sulfide) groups is 1. The predicted molar refractivity (Wildman–Crippen MR) is 78.6 cm³/mol. The highest BCUT2D eigenvalue weighted by Crippen LogP contribution is 2.39. The van der Waals surface area contributed by atoms with E-state index < -0.39 is 0 Å². The third-order valence-electron chi connectivity index (χ3n) is 3.74. The van der Waals surface area contributed by atoms with Gasteiger partial charge >= 0.3 is 0 Å². The number of rotatable bonds is 5. The van der Waals surface area contributed by atoms with Crippen molar-refractivity contribution in [2.45, 2.75) is 30.0 Å². The Bertz CT molecular complexity index is 541. The lowest BCUT2D eigenvalue weighted by Gasteiger charge is -2.40. The third-order valence-corrected chi connectivity index (χ3v) is 5.89. The minimum atomic E-state index is 0.0692. The van der Waals surface area contributed by atoms with Gasteiger partial charge in [0, 0.05) is 19.9 Å². The first-order valence-corrected chi connectivity index (χ1v) is 8.22. The summed E-state index contributed by atoms with van der Waals surface area (Å²) in [5, 5.41) is 11.6. The van der Waals surface area contributed by atoms with Gasteiger partial charge < -0.3 is 9.30 Å². The minimum Gasteiger partial charge on any atom is -0.377 e. The highest BCUT2D eigenvalue weighted by molar-refractivity contribution is 7.99. The van der Waals surface area contributed by atoms with Gasteiger partial charge in [0.15, 0.2) is 11.0 Å². The van der Waals surface area contributed by atoms with Gasteiger partial charge in [0.25, 0.3) is 0 Å². The lowest BCUT2D eigenvalue weighted by molar-refractivity contribution is -0.0513. The van der Waals surface area contributed by atoms with Crippen molar-refractivity contribution in [2.75, 3.05) is 12.9 Å². The summed E-state index contributed by atoms with van der Waals surface area (Å²) in [5.41, 5.74) is 0.0692. The number of nitrogens with zero attached hydrogens (tertiary/aromatic N) is 3. The Hall–Kier alpha value is -0.850. The standard InChI is InChI=1S/C13H17N3OS2/c1-16-11(10-5-3-8-18-10)14-15-12(16)19-9-13(17-2)6-4-7-13/h3,5,8H,4,6-7,9H2,1-2H3. The van der Waals surface area contributed by atoms with Gasteiger partial charge in [-0.2, -0.15) is 0 Å². The molecule has 0 unspecified atom stereocenters. The summed E-state index contributed by atoms with van der Waals surface area (Å²) in [4.78, 5) is 1.16. The molecule has 1 aliphatic carbocycles. The Labute approximate surface area is 121 Å². The largest absolute Gasteiger partial charge is 0.377 e. The third kappa shape index (κ3) is 2.44. The van der Waals surface area contributed by atoms with E-state index in [9.17, 15) is 0 Å². The van der Waals surface area contributed by atoms with Crippen molar-refractivity contribution in [3.63, 3.8) is 0 Å². The molecule has 2 aromatic rings. The number of aromatic nitrogens is 3. The summed E-state index contributed by atoms with van der Waals surface area (Å²) in [7, 11) is 3.84. The van der Waals surface area contributed by atoms with Gasteiger partial charge in [0.1, 0.15) is 0 Å². The Kier molecular flexibility index (Phi) is 3.64. The molecule has 0 bridgehead atoms. The lowest BCUT2D eigenvalue weighted by atomic mass is 9.82. The minimum absolute atomic E-state index is 0.0692. The second-order valence-electron chi connectivity index (χ2n) is 4.87. The molecule has 19 heavy (non-hydrogen) atoms. The Morgan fingerprint density at radius 3 is 2.89 bits per heavy atom. The molecule has 1 fully saturated rings. The molecule has 0 spiro atoms. The quantitative estimate of drug-likeness (QED) is 0.794. The molecule has 102 valence electrons. The van der Waals surface area contributed by atoms with Crippen molar-refractivity contribution in [1.82, 2.24) is 14.8 Å². The molecule has 2 aromatic heterocycles. The molecule has 0 saturated heterocycles. The van der Waals surface area contributed by atoms with Crippen LogP contribution in [0.15, 0.2) is 22.7 Å². The maximum absolute atomic E-state index is 5.64. The molecule has 6 heteroatoms. The van der Waals surface area contributed by atoms with Gasteiger partial charge in [-0.25, -0.2) is 0 Å². The van der Waals surface area contributed by atoms with Crippen LogP contribution in [0, 0.1) is 0 Å². The SMILES string of the molecule is COC1(CSc2nnc(-c3cccs3)n2C)CCC1. The van der Waals surface area contributed by atoms with Crippen LogP contribution in [-0.4, -0.2) is 33.2 Å². The van der Waals surface area contributed by atoms with E-state index in [0.29, 0.717) is 0 Å². The molecule has 0 aromatic carbocycles. The highest BCUT2D eigenvalue weighted by atomic mass is 32.2. The van der Waals surface area contributed by atoms with Gasteiger partial charge in [0.05, 0.1) is 10.5 Å². The second kappa shape index (κ2) is 5.26. The number of methoxy groups -OCH3 is 1. The van der Waals surface area contributed by atoms with Gasteiger partial charge in [0.2, 0.25) is 0 Å². The van der Waals surface area contributed by atoms with Gasteiger partial charge in [-0.15, -0.1) is 21.5 Å². The number of hydrogen-bond acceptors (Lipinski definition) is 5. The average molecular weight is 295 g/mol. The van der Waals surface area contributed by atoms with Crippen molar-refractivity contribution in [1.29, 1.82) is 0 Å². The molecular formula is C13H17N3OS2. The van der Waals surface area contributed by atoms with E-state index in [1.165, 1.54) is 6.42 Å². The van der Waals surface area contributed by atoms with E-state index in [2.05, 4.69) is 26.2 Å². The smallest absolute Gasteiger partial charge is 0.191 e. The molecule has 0 radical (unpaired) electrons. The number of hydrogen-bond donors (Lipinski definition) is 0. The van der Waals surface area contributed by atoms with Crippen LogP contribution in [0.2, 0.25) is 0 Å². The Morgan fingerprint density at radius 2 is 2.32 bits per heavy atom. The van der Waals surface area contributed by atoms with Crippen molar-refractivity contribution in [2.24, 2.45) is 7.05 Å². The van der Waals surface area contributed by atoms with E-state index >= 15 is 0 Å². The molecule has 0 amide bonds. The Morgan fingerprint density at radius 1 is 1.47 bits per heavy atom. The summed E-state index contributed by atoms with van der Waals surface area (Å²) in [6.45, 7) is 0. The molecule has 1 saturated carbocycles. The molecule has 3 rings (SSSR count). The fourth-order valence-corrected chi connectivity index (χ4v) is 4.16. The maximum atomic E-state index is 5.64.